The summed E-state index contributed by atoms with van der Waals surface area (Å²) in [5, 5.41) is 9.37. The van der Waals surface area contributed by atoms with Crippen molar-refractivity contribution >= 4 is 11.9 Å². The van der Waals surface area contributed by atoms with Gasteiger partial charge >= 0.3 is 0 Å². The normalized spacial score (nSPS) is 24.2. The zero-order chi connectivity index (χ0) is 12.1. The molecule has 0 aromatic carbocycles. The minimum atomic E-state index is 0.123. The van der Waals surface area contributed by atoms with Crippen LogP contribution in [0, 0.1) is 0 Å². The molecule has 0 saturated carbocycles. The van der Waals surface area contributed by atoms with Crippen LogP contribution in [0.25, 0.3) is 0 Å². The van der Waals surface area contributed by atoms with Crippen LogP contribution in [0.2, 0.25) is 0 Å². The minimum Gasteiger partial charge on any atom is -0.469 e. The smallest absolute Gasteiger partial charge is 0.199 e. The van der Waals surface area contributed by atoms with E-state index in [9.17, 15) is 0 Å². The highest BCUT2D eigenvalue weighted by atomic mass is 16.3. The van der Waals surface area contributed by atoms with E-state index in [-0.39, 0.29) is 6.17 Å². The Balaban J connectivity index is 1.88. The Bertz CT molecular complexity index is 410. The van der Waals surface area contributed by atoms with Crippen molar-refractivity contribution in [2.45, 2.75) is 19.5 Å². The molecule has 6 heteroatoms. The molecule has 1 atom stereocenters. The maximum atomic E-state index is 5.24. The first-order valence-electron chi connectivity index (χ1n) is 5.61. The number of hydrogen-bond acceptors (Lipinski definition) is 3. The zero-order valence-corrected chi connectivity index (χ0v) is 10.0. The third kappa shape index (κ3) is 3.24. The third-order valence-corrected chi connectivity index (χ3v) is 2.38. The molecule has 0 spiro atoms. The molecule has 1 aliphatic rings. The molecule has 0 radical (unpaired) electrons. The fraction of sp³-hybridized carbons (Fsp3) is 0.455. The lowest BCUT2D eigenvalue weighted by Gasteiger charge is -2.27. The summed E-state index contributed by atoms with van der Waals surface area (Å²) in [5.41, 5.74) is 0. The van der Waals surface area contributed by atoms with Gasteiger partial charge in [-0.2, -0.15) is 0 Å². The van der Waals surface area contributed by atoms with Crippen LogP contribution >= 0.6 is 0 Å². The van der Waals surface area contributed by atoms with Gasteiger partial charge in [-0.1, -0.05) is 0 Å². The van der Waals surface area contributed by atoms with Crippen LogP contribution in [0.4, 0.5) is 0 Å². The van der Waals surface area contributed by atoms with E-state index < -0.39 is 0 Å². The molecule has 1 saturated heterocycles. The van der Waals surface area contributed by atoms with Gasteiger partial charge in [0.1, 0.15) is 5.76 Å². The molecular weight excluding hydrogens is 218 g/mol. The van der Waals surface area contributed by atoms with Crippen molar-refractivity contribution < 1.29 is 4.42 Å². The van der Waals surface area contributed by atoms with E-state index in [0.717, 1.165) is 24.1 Å². The van der Waals surface area contributed by atoms with Gasteiger partial charge < -0.3 is 15.1 Å². The maximum absolute atomic E-state index is 5.24. The van der Waals surface area contributed by atoms with Crippen molar-refractivity contribution in [3.05, 3.63) is 24.2 Å². The molecule has 6 nitrogen and oxygen atoms in total. The standard InChI is InChI=1S/C11H17N5O/c1-8-14-10(12-2)16-11(15-8)13-6-5-9-4-3-7-17-9/h3-4,7-8H,5-6H2,1-2H3,(H3,12,13,14,15,16). The molecule has 1 fully saturated rings. The monoisotopic (exact) mass is 235 g/mol. The van der Waals surface area contributed by atoms with Crippen LogP contribution in [0.1, 0.15) is 12.7 Å². The van der Waals surface area contributed by atoms with Crippen LogP contribution in [0.5, 0.6) is 0 Å². The predicted molar refractivity (Wildman–Crippen MR) is 66.9 cm³/mol. The molecule has 1 aromatic heterocycles. The quantitative estimate of drug-likeness (QED) is 0.704. The number of nitrogens with zero attached hydrogens (tertiary/aromatic N) is 2. The van der Waals surface area contributed by atoms with Crippen LogP contribution in [-0.2, 0) is 6.42 Å². The molecule has 0 amide bonds. The van der Waals surface area contributed by atoms with Gasteiger partial charge in [-0.15, -0.1) is 0 Å². The summed E-state index contributed by atoms with van der Waals surface area (Å²) in [6.45, 7) is 2.68. The molecule has 3 N–H and O–H groups in total. The van der Waals surface area contributed by atoms with Crippen molar-refractivity contribution in [2.24, 2.45) is 9.98 Å². The Hall–Kier alpha value is -1.98. The SMILES string of the molecule is CN=C1NC(=NCCc2ccco2)NC(C)N1. The molecule has 17 heavy (non-hydrogen) atoms. The van der Waals surface area contributed by atoms with Crippen molar-refractivity contribution in [2.75, 3.05) is 13.6 Å². The zero-order valence-electron chi connectivity index (χ0n) is 10.0. The second kappa shape index (κ2) is 5.38. The van der Waals surface area contributed by atoms with E-state index >= 15 is 0 Å². The van der Waals surface area contributed by atoms with E-state index in [2.05, 4.69) is 25.9 Å². The summed E-state index contributed by atoms with van der Waals surface area (Å²) in [4.78, 5) is 8.48. The van der Waals surface area contributed by atoms with E-state index in [4.69, 9.17) is 4.42 Å². The lowest BCUT2D eigenvalue weighted by Crippen LogP contribution is -2.61. The highest BCUT2D eigenvalue weighted by Crippen LogP contribution is 2.00. The molecule has 0 bridgehead atoms. The van der Waals surface area contributed by atoms with Gasteiger partial charge in [-0.05, 0) is 19.1 Å². The average Bonchev–Trinajstić information content (AvgIpc) is 2.81. The Morgan fingerprint density at radius 1 is 1.35 bits per heavy atom. The summed E-state index contributed by atoms with van der Waals surface area (Å²) in [6, 6.07) is 3.83. The molecule has 1 unspecified atom stereocenters. The summed E-state index contributed by atoms with van der Waals surface area (Å²) in [6.07, 6.45) is 2.59. The molecular formula is C11H17N5O. The summed E-state index contributed by atoms with van der Waals surface area (Å²) in [7, 11) is 1.73. The highest BCUT2D eigenvalue weighted by molar-refractivity contribution is 6.00. The van der Waals surface area contributed by atoms with Crippen molar-refractivity contribution in [1.82, 2.24) is 16.0 Å². The molecule has 1 aromatic rings. The molecule has 2 heterocycles. The van der Waals surface area contributed by atoms with Gasteiger partial charge in [0, 0.05) is 20.0 Å². The van der Waals surface area contributed by atoms with E-state index in [0.29, 0.717) is 6.54 Å². The largest absolute Gasteiger partial charge is 0.469 e. The Morgan fingerprint density at radius 2 is 2.18 bits per heavy atom. The number of furan rings is 1. The minimum absolute atomic E-state index is 0.123. The van der Waals surface area contributed by atoms with Gasteiger partial charge in [0.2, 0.25) is 0 Å². The van der Waals surface area contributed by atoms with Crippen LogP contribution in [0.15, 0.2) is 32.8 Å². The predicted octanol–water partition coefficient (Wildman–Crippen LogP) is 0.292. The van der Waals surface area contributed by atoms with Crippen LogP contribution in [-0.4, -0.2) is 31.7 Å². The van der Waals surface area contributed by atoms with E-state index in [1.807, 2.05) is 19.1 Å². The first-order chi connectivity index (χ1) is 8.28. The van der Waals surface area contributed by atoms with E-state index in [1.165, 1.54) is 0 Å². The first kappa shape index (κ1) is 11.5. The van der Waals surface area contributed by atoms with Gasteiger partial charge in [0.25, 0.3) is 0 Å². The Kier molecular flexibility index (Phi) is 3.64. The summed E-state index contributed by atoms with van der Waals surface area (Å²) >= 11 is 0. The molecule has 92 valence electrons. The Labute approximate surface area is 100 Å². The second-order valence-corrected chi connectivity index (χ2v) is 3.77. The van der Waals surface area contributed by atoms with Crippen molar-refractivity contribution in [3.8, 4) is 0 Å². The molecule has 1 aliphatic heterocycles. The van der Waals surface area contributed by atoms with Crippen molar-refractivity contribution in [1.29, 1.82) is 0 Å². The number of nitrogens with one attached hydrogen (secondary N) is 3. The number of hydrogen-bond donors (Lipinski definition) is 3. The molecule has 0 aliphatic carbocycles. The van der Waals surface area contributed by atoms with Crippen LogP contribution in [0.3, 0.4) is 0 Å². The fourth-order valence-electron chi connectivity index (χ4n) is 1.57. The van der Waals surface area contributed by atoms with E-state index in [1.54, 1.807) is 13.3 Å². The Morgan fingerprint density at radius 3 is 2.88 bits per heavy atom. The summed E-state index contributed by atoms with van der Waals surface area (Å²) < 4.78 is 5.24. The number of rotatable bonds is 3. The second-order valence-electron chi connectivity index (χ2n) is 3.77. The van der Waals surface area contributed by atoms with Gasteiger partial charge in [0.15, 0.2) is 11.9 Å². The maximum Gasteiger partial charge on any atom is 0.199 e. The highest BCUT2D eigenvalue weighted by Gasteiger charge is 2.14. The average molecular weight is 235 g/mol. The van der Waals surface area contributed by atoms with Gasteiger partial charge in [-0.3, -0.25) is 15.3 Å². The topological polar surface area (TPSA) is 74.0 Å². The van der Waals surface area contributed by atoms with Crippen molar-refractivity contribution in [3.63, 3.8) is 0 Å². The lowest BCUT2D eigenvalue weighted by atomic mass is 10.3. The number of aliphatic imine (C=N–C) groups is 2. The third-order valence-electron chi connectivity index (χ3n) is 2.38. The number of guanidine groups is 2. The van der Waals surface area contributed by atoms with Gasteiger partial charge in [0.05, 0.1) is 12.4 Å². The van der Waals surface area contributed by atoms with Crippen LogP contribution < -0.4 is 16.0 Å². The first-order valence-corrected chi connectivity index (χ1v) is 5.61. The lowest BCUT2D eigenvalue weighted by molar-refractivity contribution is 0.510. The van der Waals surface area contributed by atoms with Gasteiger partial charge in [-0.25, -0.2) is 0 Å². The summed E-state index contributed by atoms with van der Waals surface area (Å²) in [5.74, 6) is 2.41. The fourth-order valence-corrected chi connectivity index (χ4v) is 1.57. The molecule has 2 rings (SSSR count).